The van der Waals surface area contributed by atoms with Crippen LogP contribution in [-0.4, -0.2) is 30.2 Å². The molecule has 8 heteroatoms. The van der Waals surface area contributed by atoms with E-state index in [1.54, 1.807) is 28.6 Å². The number of nitrogens with zero attached hydrogens (tertiary/aromatic N) is 4. The maximum atomic E-state index is 11.0. The van der Waals surface area contributed by atoms with Crippen molar-refractivity contribution < 1.29 is 9.90 Å². The lowest BCUT2D eigenvalue weighted by Gasteiger charge is -2.11. The van der Waals surface area contributed by atoms with Crippen molar-refractivity contribution in [2.75, 3.05) is 0 Å². The number of thiazole rings is 1. The highest BCUT2D eigenvalue weighted by Crippen LogP contribution is 2.31. The Bertz CT molecular complexity index is 848. The van der Waals surface area contributed by atoms with Crippen LogP contribution >= 0.6 is 23.3 Å². The minimum Gasteiger partial charge on any atom is -0.478 e. The molecule has 0 saturated heterocycles. The minimum absolute atomic E-state index is 0.101. The molecule has 0 aliphatic heterocycles. The van der Waals surface area contributed by atoms with Gasteiger partial charge >= 0.3 is 5.97 Å². The van der Waals surface area contributed by atoms with Crippen LogP contribution in [0.25, 0.3) is 10.2 Å². The van der Waals surface area contributed by atoms with Gasteiger partial charge in [0.15, 0.2) is 10.2 Å². The molecule has 22 heavy (non-hydrogen) atoms. The molecule has 2 aromatic heterocycles. The molecule has 0 fully saturated rings. The largest absolute Gasteiger partial charge is 0.478 e. The number of rotatable bonds is 3. The van der Waals surface area contributed by atoms with Crippen molar-refractivity contribution >= 4 is 39.5 Å². The molecule has 1 N–H and O–H groups in total. The number of aromatic carboxylic acids is 1. The molecule has 0 radical (unpaired) electrons. The number of fused-ring (bicyclic) bond motifs is 1. The first-order valence-electron chi connectivity index (χ1n) is 6.57. The number of hydrogen-bond acceptors (Lipinski definition) is 6. The van der Waals surface area contributed by atoms with E-state index >= 15 is 0 Å². The summed E-state index contributed by atoms with van der Waals surface area (Å²) in [6.07, 6.45) is 1.67. The standard InChI is InChI=1S/C14H14N4O2S2/c1-14(2,3)12-15-7-18(17-12)22-13-16-9-5-4-8(11(19)20)6-10(9)21-13/h4-7H,1-3H3,(H,19,20). The lowest BCUT2D eigenvalue weighted by molar-refractivity contribution is 0.0697. The van der Waals surface area contributed by atoms with E-state index in [0.29, 0.717) is 0 Å². The average molecular weight is 334 g/mol. The monoisotopic (exact) mass is 334 g/mol. The predicted octanol–water partition coefficient (Wildman–Crippen LogP) is 3.44. The fourth-order valence-corrected chi connectivity index (χ4v) is 3.69. The van der Waals surface area contributed by atoms with Gasteiger partial charge in [-0.1, -0.05) is 20.8 Å². The third-order valence-electron chi connectivity index (χ3n) is 2.93. The van der Waals surface area contributed by atoms with Gasteiger partial charge in [0.2, 0.25) is 0 Å². The molecule has 0 saturated carbocycles. The van der Waals surface area contributed by atoms with Crippen LogP contribution in [-0.2, 0) is 5.41 Å². The number of hydrogen-bond donors (Lipinski definition) is 1. The Morgan fingerprint density at radius 3 is 2.77 bits per heavy atom. The zero-order valence-corrected chi connectivity index (χ0v) is 13.9. The van der Waals surface area contributed by atoms with Crippen molar-refractivity contribution in [3.8, 4) is 0 Å². The molecule has 0 amide bonds. The van der Waals surface area contributed by atoms with Gasteiger partial charge in [0.25, 0.3) is 0 Å². The van der Waals surface area contributed by atoms with E-state index in [1.165, 1.54) is 23.3 Å². The Morgan fingerprint density at radius 2 is 2.14 bits per heavy atom. The van der Waals surface area contributed by atoms with Crippen molar-refractivity contribution in [1.29, 1.82) is 0 Å². The topological polar surface area (TPSA) is 80.9 Å². The number of benzene rings is 1. The zero-order valence-electron chi connectivity index (χ0n) is 12.3. The van der Waals surface area contributed by atoms with Gasteiger partial charge < -0.3 is 5.11 Å². The quantitative estimate of drug-likeness (QED) is 0.790. The summed E-state index contributed by atoms with van der Waals surface area (Å²) in [7, 11) is 0. The maximum Gasteiger partial charge on any atom is 0.335 e. The number of aromatic nitrogens is 4. The SMILES string of the molecule is CC(C)(C)c1ncn(Sc2nc3ccc(C(=O)O)cc3s2)n1. The molecule has 0 aliphatic rings. The normalized spacial score (nSPS) is 12.0. The molecule has 3 rings (SSSR count). The summed E-state index contributed by atoms with van der Waals surface area (Å²) in [6.45, 7) is 6.17. The van der Waals surface area contributed by atoms with Gasteiger partial charge in [-0.2, -0.15) is 4.09 Å². The first kappa shape index (κ1) is 15.0. The van der Waals surface area contributed by atoms with Gasteiger partial charge in [-0.15, -0.1) is 16.4 Å². The van der Waals surface area contributed by atoms with E-state index in [2.05, 4.69) is 35.8 Å². The lowest BCUT2D eigenvalue weighted by atomic mass is 9.96. The number of carboxylic acid groups (broad SMARTS) is 1. The van der Waals surface area contributed by atoms with Crippen molar-refractivity contribution in [2.24, 2.45) is 0 Å². The second-order valence-corrected chi connectivity index (χ2v) is 8.01. The summed E-state index contributed by atoms with van der Waals surface area (Å²) in [4.78, 5) is 19.8. The van der Waals surface area contributed by atoms with Crippen LogP contribution < -0.4 is 0 Å². The molecule has 0 bridgehead atoms. The van der Waals surface area contributed by atoms with Gasteiger partial charge in [0.1, 0.15) is 6.33 Å². The predicted molar refractivity (Wildman–Crippen MR) is 86.6 cm³/mol. The summed E-state index contributed by atoms with van der Waals surface area (Å²) in [5, 5.41) is 13.5. The Labute approximate surface area is 135 Å². The van der Waals surface area contributed by atoms with E-state index in [9.17, 15) is 4.79 Å². The molecule has 114 valence electrons. The first-order chi connectivity index (χ1) is 10.3. The van der Waals surface area contributed by atoms with Crippen LogP contribution in [0.4, 0.5) is 0 Å². The summed E-state index contributed by atoms with van der Waals surface area (Å²) < 4.78 is 3.32. The fourth-order valence-electron chi connectivity index (χ4n) is 1.79. The average Bonchev–Trinajstić information content (AvgIpc) is 3.03. The molecule has 0 spiro atoms. The highest BCUT2D eigenvalue weighted by molar-refractivity contribution is 7.99. The highest BCUT2D eigenvalue weighted by atomic mass is 32.2. The van der Waals surface area contributed by atoms with E-state index in [4.69, 9.17) is 5.11 Å². The van der Waals surface area contributed by atoms with E-state index < -0.39 is 5.97 Å². The molecular formula is C14H14N4O2S2. The molecule has 3 aromatic rings. The van der Waals surface area contributed by atoms with Crippen LogP contribution in [0.1, 0.15) is 37.0 Å². The second kappa shape index (κ2) is 5.36. The maximum absolute atomic E-state index is 11.0. The third kappa shape index (κ3) is 2.97. The lowest BCUT2D eigenvalue weighted by Crippen LogP contribution is -2.13. The van der Waals surface area contributed by atoms with E-state index in [1.807, 2.05) is 0 Å². The van der Waals surface area contributed by atoms with E-state index in [-0.39, 0.29) is 11.0 Å². The van der Waals surface area contributed by atoms with Gasteiger partial charge in [-0.25, -0.2) is 14.8 Å². The van der Waals surface area contributed by atoms with Gasteiger partial charge in [0.05, 0.1) is 15.8 Å². The zero-order chi connectivity index (χ0) is 15.9. The van der Waals surface area contributed by atoms with Crippen molar-refractivity contribution in [3.63, 3.8) is 0 Å². The Morgan fingerprint density at radius 1 is 1.36 bits per heavy atom. The van der Waals surface area contributed by atoms with Gasteiger partial charge in [-0.05, 0) is 18.2 Å². The molecule has 0 atom stereocenters. The van der Waals surface area contributed by atoms with Gasteiger partial charge in [0, 0.05) is 17.4 Å². The van der Waals surface area contributed by atoms with Crippen LogP contribution in [0.3, 0.4) is 0 Å². The molecule has 0 aliphatic carbocycles. The number of carboxylic acids is 1. The minimum atomic E-state index is -0.935. The second-order valence-electron chi connectivity index (χ2n) is 5.78. The smallest absolute Gasteiger partial charge is 0.335 e. The van der Waals surface area contributed by atoms with Gasteiger partial charge in [-0.3, -0.25) is 0 Å². The van der Waals surface area contributed by atoms with Crippen LogP contribution in [0.2, 0.25) is 0 Å². The molecule has 6 nitrogen and oxygen atoms in total. The molecule has 0 unspecified atom stereocenters. The highest BCUT2D eigenvalue weighted by Gasteiger charge is 2.19. The molecule has 1 aromatic carbocycles. The number of carbonyl (C=O) groups is 1. The van der Waals surface area contributed by atoms with Crippen molar-refractivity contribution in [1.82, 2.24) is 19.2 Å². The molecule has 2 heterocycles. The van der Waals surface area contributed by atoms with Crippen LogP contribution in [0, 0.1) is 0 Å². The summed E-state index contributed by atoms with van der Waals surface area (Å²) in [6, 6.07) is 4.93. The summed E-state index contributed by atoms with van der Waals surface area (Å²) in [5.41, 5.74) is 0.952. The Balaban J connectivity index is 1.88. The fraction of sp³-hybridized carbons (Fsp3) is 0.286. The van der Waals surface area contributed by atoms with Crippen molar-refractivity contribution in [2.45, 2.75) is 30.5 Å². The first-order valence-corrected chi connectivity index (χ1v) is 8.16. The summed E-state index contributed by atoms with van der Waals surface area (Å²) >= 11 is 2.81. The Kier molecular flexibility index (Phi) is 3.65. The Hall–Kier alpha value is -1.93. The third-order valence-corrected chi connectivity index (χ3v) is 4.83. The van der Waals surface area contributed by atoms with Crippen LogP contribution in [0.5, 0.6) is 0 Å². The van der Waals surface area contributed by atoms with Crippen molar-refractivity contribution in [3.05, 3.63) is 35.9 Å². The summed E-state index contributed by atoms with van der Waals surface area (Å²) in [5.74, 6) is -0.162. The van der Waals surface area contributed by atoms with E-state index in [0.717, 1.165) is 20.4 Å². The van der Waals surface area contributed by atoms with Crippen LogP contribution in [0.15, 0.2) is 28.9 Å². The molecular weight excluding hydrogens is 320 g/mol.